The highest BCUT2D eigenvalue weighted by Crippen LogP contribution is 2.28. The second kappa shape index (κ2) is 5.83. The maximum absolute atomic E-state index is 12.2. The molecule has 1 saturated carbocycles. The van der Waals surface area contributed by atoms with Crippen LogP contribution in [0.25, 0.3) is 0 Å². The SMILES string of the molecule is O=C(NC1(CO)CCCCC1)[C@H]1CCCNC1. The van der Waals surface area contributed by atoms with E-state index >= 15 is 0 Å². The Kier molecular flexibility index (Phi) is 4.40. The zero-order valence-corrected chi connectivity index (χ0v) is 10.5. The van der Waals surface area contributed by atoms with Gasteiger partial charge >= 0.3 is 0 Å². The molecule has 1 aliphatic heterocycles. The van der Waals surface area contributed by atoms with Crippen molar-refractivity contribution in [2.45, 2.75) is 50.5 Å². The molecule has 0 radical (unpaired) electrons. The van der Waals surface area contributed by atoms with E-state index in [0.29, 0.717) is 0 Å². The van der Waals surface area contributed by atoms with Crippen LogP contribution in [0.3, 0.4) is 0 Å². The number of piperidine rings is 1. The fourth-order valence-corrected chi connectivity index (χ4v) is 2.99. The standard InChI is InChI=1S/C13H24N2O2/c16-10-13(6-2-1-3-7-13)15-12(17)11-5-4-8-14-9-11/h11,14,16H,1-10H2,(H,15,17)/t11-/m0/s1. The van der Waals surface area contributed by atoms with Gasteiger partial charge in [-0.1, -0.05) is 19.3 Å². The molecule has 2 aliphatic rings. The normalized spacial score (nSPS) is 28.6. The number of aliphatic hydroxyl groups excluding tert-OH is 1. The number of hydrogen-bond donors (Lipinski definition) is 3. The molecule has 0 spiro atoms. The van der Waals surface area contributed by atoms with Crippen LogP contribution in [0.1, 0.15) is 44.9 Å². The molecule has 1 aliphatic carbocycles. The first-order chi connectivity index (χ1) is 8.26. The van der Waals surface area contributed by atoms with Gasteiger partial charge in [0, 0.05) is 6.54 Å². The fourth-order valence-electron chi connectivity index (χ4n) is 2.99. The summed E-state index contributed by atoms with van der Waals surface area (Å²) in [5, 5.41) is 15.9. The Morgan fingerprint density at radius 3 is 2.65 bits per heavy atom. The predicted octanol–water partition coefficient (Wildman–Crippen LogP) is 0.797. The van der Waals surface area contributed by atoms with Gasteiger partial charge in [0.15, 0.2) is 0 Å². The van der Waals surface area contributed by atoms with Crippen molar-refractivity contribution in [3.05, 3.63) is 0 Å². The van der Waals surface area contributed by atoms with E-state index in [1.54, 1.807) is 0 Å². The van der Waals surface area contributed by atoms with Crippen molar-refractivity contribution < 1.29 is 9.90 Å². The molecule has 1 heterocycles. The van der Waals surface area contributed by atoms with Crippen LogP contribution >= 0.6 is 0 Å². The third kappa shape index (κ3) is 3.19. The molecule has 1 atom stereocenters. The highest BCUT2D eigenvalue weighted by molar-refractivity contribution is 5.79. The van der Waals surface area contributed by atoms with Crippen molar-refractivity contribution in [1.29, 1.82) is 0 Å². The van der Waals surface area contributed by atoms with Gasteiger partial charge in [0.2, 0.25) is 5.91 Å². The zero-order chi connectivity index (χ0) is 12.1. The summed E-state index contributed by atoms with van der Waals surface area (Å²) in [6.45, 7) is 1.89. The summed E-state index contributed by atoms with van der Waals surface area (Å²) < 4.78 is 0. The quantitative estimate of drug-likeness (QED) is 0.684. The number of amides is 1. The smallest absolute Gasteiger partial charge is 0.224 e. The highest BCUT2D eigenvalue weighted by atomic mass is 16.3. The summed E-state index contributed by atoms with van der Waals surface area (Å²) in [5.41, 5.74) is -0.327. The monoisotopic (exact) mass is 240 g/mol. The second-order valence-electron chi connectivity index (χ2n) is 5.53. The molecule has 0 aromatic heterocycles. The number of aliphatic hydroxyl groups is 1. The van der Waals surface area contributed by atoms with Gasteiger partial charge in [-0.3, -0.25) is 4.79 Å². The van der Waals surface area contributed by atoms with Gasteiger partial charge in [0.05, 0.1) is 18.1 Å². The zero-order valence-electron chi connectivity index (χ0n) is 10.5. The average molecular weight is 240 g/mol. The molecule has 0 unspecified atom stereocenters. The number of rotatable bonds is 3. The van der Waals surface area contributed by atoms with Gasteiger partial charge in [-0.15, -0.1) is 0 Å². The maximum Gasteiger partial charge on any atom is 0.224 e. The molecule has 0 aromatic rings. The molecule has 4 nitrogen and oxygen atoms in total. The van der Waals surface area contributed by atoms with Crippen molar-refractivity contribution in [1.82, 2.24) is 10.6 Å². The van der Waals surface area contributed by atoms with Crippen LogP contribution in [-0.2, 0) is 4.79 Å². The molecular formula is C13H24N2O2. The van der Waals surface area contributed by atoms with Gasteiger partial charge in [-0.2, -0.15) is 0 Å². The van der Waals surface area contributed by atoms with Crippen LogP contribution < -0.4 is 10.6 Å². The molecule has 2 rings (SSSR count). The topological polar surface area (TPSA) is 61.4 Å². The Hall–Kier alpha value is -0.610. The van der Waals surface area contributed by atoms with E-state index in [1.165, 1.54) is 6.42 Å². The number of hydrogen-bond acceptors (Lipinski definition) is 3. The lowest BCUT2D eigenvalue weighted by Gasteiger charge is -2.38. The number of carbonyl (C=O) groups excluding carboxylic acids is 1. The minimum absolute atomic E-state index is 0.0822. The van der Waals surface area contributed by atoms with Crippen molar-refractivity contribution in [2.24, 2.45) is 5.92 Å². The van der Waals surface area contributed by atoms with Crippen molar-refractivity contribution >= 4 is 5.91 Å². The van der Waals surface area contributed by atoms with E-state index in [0.717, 1.165) is 51.6 Å². The molecule has 17 heavy (non-hydrogen) atoms. The van der Waals surface area contributed by atoms with E-state index in [-0.39, 0.29) is 24.0 Å². The minimum atomic E-state index is -0.327. The Bertz CT molecular complexity index is 256. The fraction of sp³-hybridized carbons (Fsp3) is 0.923. The highest BCUT2D eigenvalue weighted by Gasteiger charge is 2.34. The molecule has 0 aromatic carbocycles. The summed E-state index contributed by atoms with van der Waals surface area (Å²) >= 11 is 0. The van der Waals surface area contributed by atoms with Crippen LogP contribution in [0.5, 0.6) is 0 Å². The summed E-state index contributed by atoms with van der Waals surface area (Å²) in [4.78, 5) is 12.2. The van der Waals surface area contributed by atoms with Gasteiger partial charge in [-0.25, -0.2) is 0 Å². The summed E-state index contributed by atoms with van der Waals surface area (Å²) in [6, 6.07) is 0. The second-order valence-corrected chi connectivity index (χ2v) is 5.53. The lowest BCUT2D eigenvalue weighted by Crippen LogP contribution is -2.55. The van der Waals surface area contributed by atoms with E-state index in [4.69, 9.17) is 0 Å². The molecule has 0 bridgehead atoms. The van der Waals surface area contributed by atoms with Crippen molar-refractivity contribution in [3.8, 4) is 0 Å². The van der Waals surface area contributed by atoms with Crippen LogP contribution in [0.2, 0.25) is 0 Å². The molecule has 4 heteroatoms. The van der Waals surface area contributed by atoms with Crippen LogP contribution in [0, 0.1) is 5.92 Å². The largest absolute Gasteiger partial charge is 0.394 e. The lowest BCUT2D eigenvalue weighted by molar-refractivity contribution is -0.128. The average Bonchev–Trinajstić information content (AvgIpc) is 2.41. The molecule has 1 saturated heterocycles. The van der Waals surface area contributed by atoms with Gasteiger partial charge in [0.25, 0.3) is 0 Å². The van der Waals surface area contributed by atoms with E-state index in [1.807, 2.05) is 0 Å². The first kappa shape index (κ1) is 12.8. The summed E-state index contributed by atoms with van der Waals surface area (Å²) in [5.74, 6) is 0.224. The van der Waals surface area contributed by atoms with Crippen LogP contribution in [0.4, 0.5) is 0 Å². The van der Waals surface area contributed by atoms with E-state index in [2.05, 4.69) is 10.6 Å². The van der Waals surface area contributed by atoms with Crippen molar-refractivity contribution in [3.63, 3.8) is 0 Å². The maximum atomic E-state index is 12.2. The summed E-state index contributed by atoms with van der Waals surface area (Å²) in [7, 11) is 0. The third-order valence-corrected chi connectivity index (χ3v) is 4.17. The third-order valence-electron chi connectivity index (χ3n) is 4.17. The minimum Gasteiger partial charge on any atom is -0.394 e. The number of nitrogens with one attached hydrogen (secondary N) is 2. The first-order valence-electron chi connectivity index (χ1n) is 6.89. The number of carbonyl (C=O) groups is 1. The van der Waals surface area contributed by atoms with Gasteiger partial charge < -0.3 is 15.7 Å². The Balaban J connectivity index is 1.90. The molecular weight excluding hydrogens is 216 g/mol. The van der Waals surface area contributed by atoms with E-state index < -0.39 is 0 Å². The first-order valence-corrected chi connectivity index (χ1v) is 6.89. The van der Waals surface area contributed by atoms with E-state index in [9.17, 15) is 9.90 Å². The lowest BCUT2D eigenvalue weighted by atomic mass is 9.81. The molecule has 1 amide bonds. The van der Waals surface area contributed by atoms with Gasteiger partial charge in [-0.05, 0) is 32.2 Å². The molecule has 98 valence electrons. The van der Waals surface area contributed by atoms with Crippen LogP contribution in [0.15, 0.2) is 0 Å². The van der Waals surface area contributed by atoms with Crippen LogP contribution in [-0.4, -0.2) is 36.2 Å². The van der Waals surface area contributed by atoms with Gasteiger partial charge in [0.1, 0.15) is 0 Å². The Labute approximate surface area is 103 Å². The van der Waals surface area contributed by atoms with Crippen molar-refractivity contribution in [2.75, 3.05) is 19.7 Å². The molecule has 2 fully saturated rings. The Morgan fingerprint density at radius 1 is 1.29 bits per heavy atom. The molecule has 3 N–H and O–H groups in total. The summed E-state index contributed by atoms with van der Waals surface area (Å²) in [6.07, 6.45) is 7.35. The Morgan fingerprint density at radius 2 is 2.06 bits per heavy atom. The predicted molar refractivity (Wildman–Crippen MR) is 66.6 cm³/mol.